The molecule has 0 radical (unpaired) electrons. The molecule has 1 fully saturated rings. The lowest BCUT2D eigenvalue weighted by Gasteiger charge is -2.35. The molecule has 0 saturated heterocycles. The average molecular weight is 368 g/mol. The summed E-state index contributed by atoms with van der Waals surface area (Å²) < 4.78 is 5.13. The molecule has 0 bridgehead atoms. The first kappa shape index (κ1) is 17.4. The van der Waals surface area contributed by atoms with Crippen LogP contribution in [0.5, 0.6) is 0 Å². The molecular formula is C19H20N4O4. The number of nitrogens with zero attached hydrogens (tertiary/aromatic N) is 3. The number of benzene rings is 1. The predicted octanol–water partition coefficient (Wildman–Crippen LogP) is 2.19. The monoisotopic (exact) mass is 368 g/mol. The van der Waals surface area contributed by atoms with Crippen LogP contribution in [0.2, 0.25) is 0 Å². The summed E-state index contributed by atoms with van der Waals surface area (Å²) in [6, 6.07) is 4.57. The van der Waals surface area contributed by atoms with Crippen LogP contribution in [-0.4, -0.2) is 39.8 Å². The fourth-order valence-corrected chi connectivity index (χ4v) is 3.85. The molecular weight excluding hydrogens is 348 g/mol. The lowest BCUT2D eigenvalue weighted by molar-refractivity contribution is 0.0692. The number of carbonyl (C=O) groups excluding carboxylic acids is 3. The zero-order valence-corrected chi connectivity index (χ0v) is 15.2. The van der Waals surface area contributed by atoms with Gasteiger partial charge in [-0.3, -0.25) is 19.3 Å². The van der Waals surface area contributed by atoms with E-state index in [1.807, 2.05) is 0 Å². The van der Waals surface area contributed by atoms with Crippen LogP contribution in [0.15, 0.2) is 22.7 Å². The van der Waals surface area contributed by atoms with Gasteiger partial charge >= 0.3 is 0 Å². The van der Waals surface area contributed by atoms with Crippen molar-refractivity contribution >= 4 is 17.7 Å². The predicted molar refractivity (Wildman–Crippen MR) is 94.1 cm³/mol. The number of hydrogen-bond acceptors (Lipinski definition) is 6. The van der Waals surface area contributed by atoms with E-state index in [0.717, 1.165) is 37.0 Å². The minimum atomic E-state index is -0.678. The van der Waals surface area contributed by atoms with Gasteiger partial charge in [-0.1, -0.05) is 24.4 Å². The van der Waals surface area contributed by atoms with Crippen molar-refractivity contribution in [2.75, 3.05) is 7.05 Å². The molecule has 0 spiro atoms. The van der Waals surface area contributed by atoms with Gasteiger partial charge in [-0.15, -0.1) is 0 Å². The van der Waals surface area contributed by atoms with E-state index in [1.165, 1.54) is 19.2 Å². The first-order chi connectivity index (χ1) is 12.9. The number of carbonyl (C=O) groups is 3. The largest absolute Gasteiger partial charge is 0.340 e. The molecule has 1 aliphatic carbocycles. The van der Waals surface area contributed by atoms with E-state index in [1.54, 1.807) is 13.0 Å². The second-order valence-corrected chi connectivity index (χ2v) is 7.16. The summed E-state index contributed by atoms with van der Waals surface area (Å²) in [6.07, 6.45) is 4.45. The fourth-order valence-electron chi connectivity index (χ4n) is 3.85. The van der Waals surface area contributed by atoms with Gasteiger partial charge < -0.3 is 9.84 Å². The van der Waals surface area contributed by atoms with Crippen molar-refractivity contribution in [2.45, 2.75) is 44.6 Å². The molecule has 2 heterocycles. The fraction of sp³-hybridized carbons (Fsp3) is 0.421. The second kappa shape index (κ2) is 6.29. The van der Waals surface area contributed by atoms with Gasteiger partial charge in [0.25, 0.3) is 17.7 Å². The van der Waals surface area contributed by atoms with Gasteiger partial charge in [-0.2, -0.15) is 4.98 Å². The first-order valence-electron chi connectivity index (χ1n) is 9.01. The minimum absolute atomic E-state index is 0.253. The zero-order valence-electron chi connectivity index (χ0n) is 15.2. The lowest BCUT2D eigenvalue weighted by atomic mass is 9.80. The number of fused-ring (bicyclic) bond motifs is 1. The van der Waals surface area contributed by atoms with Crippen LogP contribution >= 0.6 is 0 Å². The van der Waals surface area contributed by atoms with E-state index in [2.05, 4.69) is 15.5 Å². The Morgan fingerprint density at radius 2 is 1.85 bits per heavy atom. The van der Waals surface area contributed by atoms with E-state index in [4.69, 9.17) is 4.52 Å². The van der Waals surface area contributed by atoms with E-state index in [0.29, 0.717) is 22.8 Å². The van der Waals surface area contributed by atoms with Crippen LogP contribution in [0.25, 0.3) is 0 Å². The molecule has 1 N–H and O–H groups in total. The standard InChI is InChI=1S/C19H20N4O4/c1-11-20-18(22-27-11)19(8-4-3-5-9-19)21-15(24)12-6-7-13-14(10-12)17(26)23(2)16(13)25/h6-7,10H,3-5,8-9H2,1-2H3,(H,21,24). The summed E-state index contributed by atoms with van der Waals surface area (Å²) in [7, 11) is 1.43. The third kappa shape index (κ3) is 2.81. The Morgan fingerprint density at radius 3 is 2.52 bits per heavy atom. The molecule has 0 atom stereocenters. The average Bonchev–Trinajstić information content (AvgIpc) is 3.21. The van der Waals surface area contributed by atoms with E-state index >= 15 is 0 Å². The molecule has 2 aromatic rings. The van der Waals surface area contributed by atoms with E-state index in [9.17, 15) is 14.4 Å². The van der Waals surface area contributed by atoms with Gasteiger partial charge in [-0.05, 0) is 31.0 Å². The lowest BCUT2D eigenvalue weighted by Crippen LogP contribution is -2.48. The number of aryl methyl sites for hydroxylation is 1. The summed E-state index contributed by atoms with van der Waals surface area (Å²) in [5, 5.41) is 7.11. The van der Waals surface area contributed by atoms with Crippen LogP contribution in [0, 0.1) is 6.92 Å². The van der Waals surface area contributed by atoms with Crippen LogP contribution in [-0.2, 0) is 5.54 Å². The molecule has 8 heteroatoms. The van der Waals surface area contributed by atoms with Crippen molar-refractivity contribution in [3.05, 3.63) is 46.6 Å². The number of amides is 3. The summed E-state index contributed by atoms with van der Waals surface area (Å²) in [4.78, 5) is 42.6. The summed E-state index contributed by atoms with van der Waals surface area (Å²) in [5.74, 6) is -0.134. The Morgan fingerprint density at radius 1 is 1.15 bits per heavy atom. The van der Waals surface area contributed by atoms with Gasteiger partial charge in [0.15, 0.2) is 5.82 Å². The Kier molecular flexibility index (Phi) is 4.05. The highest BCUT2D eigenvalue weighted by Crippen LogP contribution is 2.36. The highest BCUT2D eigenvalue weighted by atomic mass is 16.5. The Bertz CT molecular complexity index is 943. The molecule has 27 heavy (non-hydrogen) atoms. The Balaban J connectivity index is 1.65. The molecule has 0 unspecified atom stereocenters. The molecule has 8 nitrogen and oxygen atoms in total. The summed E-state index contributed by atoms with van der Waals surface area (Å²) >= 11 is 0. The number of imide groups is 1. The normalized spacial score (nSPS) is 18.5. The van der Waals surface area contributed by atoms with Crippen molar-refractivity contribution < 1.29 is 18.9 Å². The van der Waals surface area contributed by atoms with Crippen LogP contribution < -0.4 is 5.32 Å². The van der Waals surface area contributed by atoms with Gasteiger partial charge in [0.1, 0.15) is 5.54 Å². The molecule has 3 amide bonds. The number of aromatic nitrogens is 2. The molecule has 140 valence electrons. The maximum Gasteiger partial charge on any atom is 0.261 e. The zero-order chi connectivity index (χ0) is 19.2. The van der Waals surface area contributed by atoms with E-state index < -0.39 is 11.4 Å². The number of hydrogen-bond donors (Lipinski definition) is 1. The maximum atomic E-state index is 13.0. The molecule has 1 aliphatic heterocycles. The second-order valence-electron chi connectivity index (χ2n) is 7.16. The third-order valence-corrected chi connectivity index (χ3v) is 5.37. The smallest absolute Gasteiger partial charge is 0.261 e. The van der Waals surface area contributed by atoms with Crippen molar-refractivity contribution in [3.8, 4) is 0 Å². The number of rotatable bonds is 3. The van der Waals surface area contributed by atoms with Gasteiger partial charge in [0, 0.05) is 19.5 Å². The highest BCUT2D eigenvalue weighted by Gasteiger charge is 2.40. The SMILES string of the molecule is Cc1nc(C2(NC(=O)c3ccc4c(c3)C(=O)N(C)C4=O)CCCCC2)no1. The highest BCUT2D eigenvalue weighted by molar-refractivity contribution is 6.21. The van der Waals surface area contributed by atoms with Crippen molar-refractivity contribution in [3.63, 3.8) is 0 Å². The van der Waals surface area contributed by atoms with Crippen LogP contribution in [0.3, 0.4) is 0 Å². The minimum Gasteiger partial charge on any atom is -0.340 e. The number of nitrogens with one attached hydrogen (secondary N) is 1. The quantitative estimate of drug-likeness (QED) is 0.833. The third-order valence-electron chi connectivity index (χ3n) is 5.37. The maximum absolute atomic E-state index is 13.0. The molecule has 1 aromatic carbocycles. The van der Waals surface area contributed by atoms with Crippen molar-refractivity contribution in [1.29, 1.82) is 0 Å². The Labute approximate surface area is 155 Å². The van der Waals surface area contributed by atoms with Crippen LogP contribution in [0.1, 0.15) is 74.9 Å². The Hall–Kier alpha value is -3.03. The molecule has 2 aliphatic rings. The summed E-state index contributed by atoms with van der Waals surface area (Å²) in [5.41, 5.74) is 0.224. The topological polar surface area (TPSA) is 105 Å². The van der Waals surface area contributed by atoms with Gasteiger partial charge in [-0.25, -0.2) is 0 Å². The molecule has 1 aromatic heterocycles. The van der Waals surface area contributed by atoms with E-state index in [-0.39, 0.29) is 17.4 Å². The summed E-state index contributed by atoms with van der Waals surface area (Å²) in [6.45, 7) is 1.72. The van der Waals surface area contributed by atoms with Gasteiger partial charge in [0.2, 0.25) is 5.89 Å². The van der Waals surface area contributed by atoms with Gasteiger partial charge in [0.05, 0.1) is 11.1 Å². The van der Waals surface area contributed by atoms with Crippen LogP contribution in [0.4, 0.5) is 0 Å². The molecule has 4 rings (SSSR count). The first-order valence-corrected chi connectivity index (χ1v) is 9.01. The molecule has 1 saturated carbocycles. The van der Waals surface area contributed by atoms with Crippen molar-refractivity contribution in [1.82, 2.24) is 20.4 Å². The van der Waals surface area contributed by atoms with Crippen molar-refractivity contribution in [2.24, 2.45) is 0 Å².